The maximum Gasteiger partial charge on any atom is 0.170 e. The fourth-order valence-corrected chi connectivity index (χ4v) is 2.81. The Balaban J connectivity index is 2.27. The van der Waals surface area contributed by atoms with Gasteiger partial charge < -0.3 is 9.47 Å². The highest BCUT2D eigenvalue weighted by atomic mass is 35.5. The van der Waals surface area contributed by atoms with E-state index in [0.717, 1.165) is 34.5 Å². The Labute approximate surface area is 140 Å². The minimum Gasteiger partial charge on any atom is -0.493 e. The third-order valence-electron chi connectivity index (χ3n) is 3.75. The van der Waals surface area contributed by atoms with Crippen molar-refractivity contribution in [3.63, 3.8) is 0 Å². The molecule has 2 aromatic carbocycles. The molecule has 0 unspecified atom stereocenters. The smallest absolute Gasteiger partial charge is 0.170 e. The molecule has 0 amide bonds. The lowest BCUT2D eigenvalue weighted by atomic mass is 9.93. The van der Waals surface area contributed by atoms with Crippen molar-refractivity contribution in [2.45, 2.75) is 13.3 Å². The van der Waals surface area contributed by atoms with Gasteiger partial charge in [0.2, 0.25) is 0 Å². The first-order chi connectivity index (χ1) is 11.1. The Kier molecular flexibility index (Phi) is 4.35. The second kappa shape index (κ2) is 6.42. The molecular formula is C18H17ClN2O2. The molecule has 4 nitrogen and oxygen atoms in total. The summed E-state index contributed by atoms with van der Waals surface area (Å²) in [6.45, 7) is 1.97. The van der Waals surface area contributed by atoms with Crippen molar-refractivity contribution in [1.29, 1.82) is 0 Å². The van der Waals surface area contributed by atoms with E-state index in [2.05, 4.69) is 10.2 Å². The van der Waals surface area contributed by atoms with E-state index < -0.39 is 0 Å². The topological polar surface area (TPSA) is 43.2 Å². The minimum atomic E-state index is 0.670. The summed E-state index contributed by atoms with van der Waals surface area (Å²) in [6.07, 6.45) is 0.719. The van der Waals surface area contributed by atoms with Gasteiger partial charge in [0.05, 0.1) is 19.8 Å². The molecule has 1 aliphatic heterocycles. The van der Waals surface area contributed by atoms with Gasteiger partial charge >= 0.3 is 0 Å². The third kappa shape index (κ3) is 2.94. The Hall–Kier alpha value is -2.33. The van der Waals surface area contributed by atoms with E-state index in [0.29, 0.717) is 16.5 Å². The van der Waals surface area contributed by atoms with Gasteiger partial charge in [0.15, 0.2) is 11.5 Å². The SMILES string of the molecule is COc1ccc2c(c1OC)C(c1ccc(Cl)cc1)=NN=C(C)C2. The summed E-state index contributed by atoms with van der Waals surface area (Å²) in [7, 11) is 3.26. The van der Waals surface area contributed by atoms with Crippen LogP contribution in [0.15, 0.2) is 46.6 Å². The summed E-state index contributed by atoms with van der Waals surface area (Å²) in [5, 5.41) is 9.46. The molecule has 1 heterocycles. The average molecular weight is 329 g/mol. The van der Waals surface area contributed by atoms with Crippen LogP contribution in [0, 0.1) is 0 Å². The predicted octanol–water partition coefficient (Wildman–Crippen LogP) is 4.13. The molecule has 0 saturated carbocycles. The molecule has 5 heteroatoms. The van der Waals surface area contributed by atoms with Crippen LogP contribution in [0.5, 0.6) is 11.5 Å². The zero-order chi connectivity index (χ0) is 16.4. The van der Waals surface area contributed by atoms with E-state index in [4.69, 9.17) is 21.1 Å². The van der Waals surface area contributed by atoms with Crippen molar-refractivity contribution in [1.82, 2.24) is 0 Å². The van der Waals surface area contributed by atoms with Gasteiger partial charge in [-0.1, -0.05) is 29.8 Å². The number of hydrogen-bond acceptors (Lipinski definition) is 4. The summed E-state index contributed by atoms with van der Waals surface area (Å²) < 4.78 is 11.1. The lowest BCUT2D eigenvalue weighted by Crippen LogP contribution is -2.10. The summed E-state index contributed by atoms with van der Waals surface area (Å²) in [4.78, 5) is 0. The molecule has 23 heavy (non-hydrogen) atoms. The number of benzene rings is 2. The molecule has 0 fully saturated rings. The van der Waals surface area contributed by atoms with E-state index in [9.17, 15) is 0 Å². The van der Waals surface area contributed by atoms with Gasteiger partial charge in [-0.3, -0.25) is 0 Å². The minimum absolute atomic E-state index is 0.670. The number of methoxy groups -OCH3 is 2. The Morgan fingerprint density at radius 3 is 2.35 bits per heavy atom. The summed E-state index contributed by atoms with van der Waals surface area (Å²) in [5.41, 5.74) is 4.65. The predicted molar refractivity (Wildman–Crippen MR) is 93.5 cm³/mol. The van der Waals surface area contributed by atoms with E-state index in [-0.39, 0.29) is 0 Å². The van der Waals surface area contributed by atoms with E-state index in [1.165, 1.54) is 0 Å². The van der Waals surface area contributed by atoms with Crippen LogP contribution in [0.1, 0.15) is 23.6 Å². The summed E-state index contributed by atoms with van der Waals surface area (Å²) in [6, 6.07) is 11.5. The molecule has 3 rings (SSSR count). The molecule has 0 spiro atoms. The van der Waals surface area contributed by atoms with Gasteiger partial charge in [0, 0.05) is 22.7 Å². The lowest BCUT2D eigenvalue weighted by molar-refractivity contribution is 0.354. The van der Waals surface area contributed by atoms with E-state index in [1.807, 2.05) is 43.3 Å². The Morgan fingerprint density at radius 2 is 1.70 bits per heavy atom. The van der Waals surface area contributed by atoms with Gasteiger partial charge in [0.1, 0.15) is 5.71 Å². The number of nitrogens with zero attached hydrogens (tertiary/aromatic N) is 2. The van der Waals surface area contributed by atoms with Gasteiger partial charge in [-0.25, -0.2) is 0 Å². The standard InChI is InChI=1S/C18H17ClN2O2/c1-11-10-13-6-9-15(22-2)18(23-3)16(13)17(21-20-11)12-4-7-14(19)8-5-12/h4-9H,10H2,1-3H3. The molecule has 0 saturated heterocycles. The zero-order valence-electron chi connectivity index (χ0n) is 13.3. The quantitative estimate of drug-likeness (QED) is 0.850. The van der Waals surface area contributed by atoms with Crippen molar-refractivity contribution in [3.05, 3.63) is 58.1 Å². The van der Waals surface area contributed by atoms with Crippen LogP contribution in [0.4, 0.5) is 0 Å². The van der Waals surface area contributed by atoms with Gasteiger partial charge in [0.25, 0.3) is 0 Å². The van der Waals surface area contributed by atoms with Crippen LogP contribution in [0.25, 0.3) is 0 Å². The van der Waals surface area contributed by atoms with Crippen LogP contribution in [0.3, 0.4) is 0 Å². The molecule has 118 valence electrons. The van der Waals surface area contributed by atoms with Gasteiger partial charge in [-0.15, -0.1) is 5.10 Å². The van der Waals surface area contributed by atoms with Crippen LogP contribution < -0.4 is 9.47 Å². The van der Waals surface area contributed by atoms with Crippen LogP contribution in [-0.2, 0) is 6.42 Å². The molecule has 0 N–H and O–H groups in total. The third-order valence-corrected chi connectivity index (χ3v) is 4.01. The molecule has 0 aromatic heterocycles. The van der Waals surface area contributed by atoms with Crippen molar-refractivity contribution in [2.75, 3.05) is 14.2 Å². The highest BCUT2D eigenvalue weighted by Gasteiger charge is 2.23. The molecule has 0 radical (unpaired) electrons. The summed E-state index contributed by atoms with van der Waals surface area (Å²) >= 11 is 6.00. The number of ether oxygens (including phenoxy) is 2. The second-order valence-corrected chi connectivity index (χ2v) is 5.74. The first-order valence-electron chi connectivity index (χ1n) is 7.25. The zero-order valence-corrected chi connectivity index (χ0v) is 14.0. The maximum absolute atomic E-state index is 6.00. The Morgan fingerprint density at radius 1 is 0.957 bits per heavy atom. The number of rotatable bonds is 3. The molecule has 0 atom stereocenters. The first-order valence-corrected chi connectivity index (χ1v) is 7.63. The summed E-state index contributed by atoms with van der Waals surface area (Å²) in [5.74, 6) is 1.34. The van der Waals surface area contributed by atoms with Gasteiger partial charge in [-0.05, 0) is 30.7 Å². The van der Waals surface area contributed by atoms with Crippen molar-refractivity contribution in [3.8, 4) is 11.5 Å². The number of fused-ring (bicyclic) bond motifs is 1. The van der Waals surface area contributed by atoms with Crippen LogP contribution in [0.2, 0.25) is 5.02 Å². The number of halogens is 1. The molecular weight excluding hydrogens is 312 g/mol. The monoisotopic (exact) mass is 328 g/mol. The van der Waals surface area contributed by atoms with Crippen LogP contribution in [-0.4, -0.2) is 25.6 Å². The van der Waals surface area contributed by atoms with Gasteiger partial charge in [-0.2, -0.15) is 5.10 Å². The maximum atomic E-state index is 6.00. The van der Waals surface area contributed by atoms with E-state index >= 15 is 0 Å². The average Bonchev–Trinajstić information content (AvgIpc) is 2.73. The van der Waals surface area contributed by atoms with Crippen LogP contribution >= 0.6 is 11.6 Å². The molecule has 1 aliphatic rings. The second-order valence-electron chi connectivity index (χ2n) is 5.30. The highest BCUT2D eigenvalue weighted by Crippen LogP contribution is 2.36. The fraction of sp³-hybridized carbons (Fsp3) is 0.222. The first kappa shape index (κ1) is 15.6. The normalized spacial score (nSPS) is 13.6. The van der Waals surface area contributed by atoms with Crippen molar-refractivity contribution in [2.24, 2.45) is 10.2 Å². The Bertz CT molecular complexity index is 795. The van der Waals surface area contributed by atoms with Crippen molar-refractivity contribution >= 4 is 23.0 Å². The van der Waals surface area contributed by atoms with E-state index in [1.54, 1.807) is 14.2 Å². The fourth-order valence-electron chi connectivity index (χ4n) is 2.68. The molecule has 2 aromatic rings. The molecule has 0 bridgehead atoms. The largest absolute Gasteiger partial charge is 0.493 e. The molecule has 0 aliphatic carbocycles. The highest BCUT2D eigenvalue weighted by molar-refractivity contribution is 6.30. The lowest BCUT2D eigenvalue weighted by Gasteiger charge is -2.17. The van der Waals surface area contributed by atoms with Crippen molar-refractivity contribution < 1.29 is 9.47 Å². The number of hydrogen-bond donors (Lipinski definition) is 0.